The number of unbranched alkanes of at least 4 members (excludes halogenated alkanes) is 1. The smallest absolute Gasteiger partial charge is 0.389 e. The molecule has 0 aliphatic rings. The fourth-order valence-corrected chi connectivity index (χ4v) is 3.38. The molecule has 230 valence electrons. The van der Waals surface area contributed by atoms with Gasteiger partial charge in [-0.25, -0.2) is 9.67 Å². The largest absolute Gasteiger partial charge is 0.398 e. The van der Waals surface area contributed by atoms with Gasteiger partial charge in [0, 0.05) is 53.8 Å². The normalized spacial score (nSPS) is 11.8. The Balaban J connectivity index is 0.000000509. The SMILES string of the molecule is C/C=C(\C=N)C=O.C=C/C(=N\C(=C/C)NC)n1nc(Nc2ccc(N)c(C=N)c2)c2ccccc21.CCCCC(F)(F)F. The first-order chi connectivity index (χ1) is 20.5. The number of para-hydroxylation sites is 1. The number of carbonyl (C=O) groups excluding carboxylic acids is 1. The zero-order chi connectivity index (χ0) is 32.4. The van der Waals surface area contributed by atoms with Gasteiger partial charge in [-0.05, 0) is 62.8 Å². The van der Waals surface area contributed by atoms with E-state index in [0.29, 0.717) is 41.2 Å². The molecule has 0 bridgehead atoms. The molecule has 12 heteroatoms. The van der Waals surface area contributed by atoms with Gasteiger partial charge in [0.1, 0.15) is 5.82 Å². The lowest BCUT2D eigenvalue weighted by atomic mass is 10.1. The molecule has 1 heterocycles. The van der Waals surface area contributed by atoms with Crippen LogP contribution < -0.4 is 16.4 Å². The van der Waals surface area contributed by atoms with Crippen molar-refractivity contribution in [3.05, 3.63) is 84.2 Å². The summed E-state index contributed by atoms with van der Waals surface area (Å²) in [5.74, 6) is 2.00. The quantitative estimate of drug-likeness (QED) is 0.0545. The lowest BCUT2D eigenvalue weighted by molar-refractivity contribution is -0.135. The minimum Gasteiger partial charge on any atom is -0.398 e. The molecule has 3 aromatic rings. The summed E-state index contributed by atoms with van der Waals surface area (Å²) < 4.78 is 35.5. The third-order valence-electron chi connectivity index (χ3n) is 5.71. The van der Waals surface area contributed by atoms with E-state index >= 15 is 0 Å². The molecule has 0 amide bonds. The van der Waals surface area contributed by atoms with Gasteiger partial charge in [-0.3, -0.25) is 4.79 Å². The fraction of sp³-hybridized carbons (Fsp3) is 0.258. The van der Waals surface area contributed by atoms with Crippen molar-refractivity contribution in [3.8, 4) is 0 Å². The number of nitrogens with two attached hydrogens (primary N) is 1. The molecule has 0 unspecified atom stereocenters. The van der Waals surface area contributed by atoms with Crippen LogP contribution in [-0.4, -0.2) is 47.6 Å². The first kappa shape index (κ1) is 36.0. The molecular formula is C31H39F3N8O. The zero-order valence-corrected chi connectivity index (χ0v) is 24.8. The number of nitrogens with zero attached hydrogens (tertiary/aromatic N) is 3. The van der Waals surface area contributed by atoms with Crippen LogP contribution in [0.4, 0.5) is 30.4 Å². The molecule has 0 fully saturated rings. The van der Waals surface area contributed by atoms with Gasteiger partial charge < -0.3 is 27.2 Å². The topological polar surface area (TPSA) is 145 Å². The number of rotatable bonds is 10. The maximum Gasteiger partial charge on any atom is 0.389 e. The molecule has 0 atom stereocenters. The third-order valence-corrected chi connectivity index (χ3v) is 5.71. The van der Waals surface area contributed by atoms with Crippen molar-refractivity contribution in [1.82, 2.24) is 15.1 Å². The molecule has 2 aromatic carbocycles. The summed E-state index contributed by atoms with van der Waals surface area (Å²) in [6.45, 7) is 9.25. The van der Waals surface area contributed by atoms with E-state index < -0.39 is 12.6 Å². The van der Waals surface area contributed by atoms with Crippen molar-refractivity contribution < 1.29 is 18.0 Å². The maximum absolute atomic E-state index is 11.2. The number of carbonyl (C=O) groups is 1. The van der Waals surface area contributed by atoms with Crippen LogP contribution in [0.5, 0.6) is 0 Å². The van der Waals surface area contributed by atoms with E-state index in [1.165, 1.54) is 6.21 Å². The molecule has 3 rings (SSSR count). The van der Waals surface area contributed by atoms with Crippen LogP contribution in [-0.2, 0) is 4.79 Å². The number of aldehydes is 1. The lowest BCUT2D eigenvalue weighted by Crippen LogP contribution is -2.14. The summed E-state index contributed by atoms with van der Waals surface area (Å²) in [6.07, 6.45) is 4.31. The van der Waals surface area contributed by atoms with E-state index in [9.17, 15) is 18.0 Å². The van der Waals surface area contributed by atoms with Gasteiger partial charge in [0.15, 0.2) is 17.9 Å². The number of hydrogen-bond donors (Lipinski definition) is 5. The maximum atomic E-state index is 11.2. The van der Waals surface area contributed by atoms with Crippen LogP contribution in [0.2, 0.25) is 0 Å². The van der Waals surface area contributed by atoms with E-state index in [1.54, 1.807) is 36.7 Å². The molecule has 0 aliphatic heterocycles. The summed E-state index contributed by atoms with van der Waals surface area (Å²) in [4.78, 5) is 14.3. The van der Waals surface area contributed by atoms with Gasteiger partial charge in [-0.2, -0.15) is 13.2 Å². The molecule has 0 saturated carbocycles. The fourth-order valence-electron chi connectivity index (χ4n) is 3.38. The Bertz CT molecular complexity index is 1460. The molecule has 9 nitrogen and oxygen atoms in total. The Morgan fingerprint density at radius 3 is 2.33 bits per heavy atom. The second-order valence-corrected chi connectivity index (χ2v) is 8.76. The van der Waals surface area contributed by atoms with Gasteiger partial charge in [0.05, 0.1) is 5.52 Å². The minimum atomic E-state index is -3.95. The second kappa shape index (κ2) is 18.4. The van der Waals surface area contributed by atoms with Crippen molar-refractivity contribution >= 4 is 52.6 Å². The highest BCUT2D eigenvalue weighted by atomic mass is 19.4. The first-order valence-corrected chi connectivity index (χ1v) is 13.4. The lowest BCUT2D eigenvalue weighted by Gasteiger charge is -2.07. The number of allylic oxidation sites excluding steroid dienone is 4. The minimum absolute atomic E-state index is 0.253. The number of alkyl halides is 3. The van der Waals surface area contributed by atoms with E-state index in [0.717, 1.165) is 28.6 Å². The second-order valence-electron chi connectivity index (χ2n) is 8.76. The van der Waals surface area contributed by atoms with E-state index in [4.69, 9.17) is 21.7 Å². The standard InChI is InChI=1S/C21H23N7.C5H9F3.C5H7NO/c1-4-19(24-3)26-20(5-2)28-18-9-7-6-8-16(18)21(27-28)25-15-10-11-17(23)14(12-15)13-22;1-2-3-4-5(6,7)8;1-2-5(3-6)4-7/h4-13,22,24H,2,23H2,1,3H3,(H,25,27);2-4H2,1H3;2-4,6H,1H3/b19-4-,22-13?,26-20+;;5-2+,6-3?. The number of aliphatic imine (C=N–C) groups is 1. The van der Waals surface area contributed by atoms with Crippen molar-refractivity contribution in [2.75, 3.05) is 18.1 Å². The number of nitrogen functional groups attached to an aromatic ring is 1. The number of anilines is 3. The molecule has 0 radical (unpaired) electrons. The number of nitrogens with one attached hydrogen (secondary N) is 4. The van der Waals surface area contributed by atoms with Crippen LogP contribution >= 0.6 is 0 Å². The van der Waals surface area contributed by atoms with Gasteiger partial charge in [0.25, 0.3) is 0 Å². The van der Waals surface area contributed by atoms with Crippen molar-refractivity contribution in [2.24, 2.45) is 4.99 Å². The van der Waals surface area contributed by atoms with Crippen LogP contribution in [0, 0.1) is 10.8 Å². The Hall–Kier alpha value is -5.00. The summed E-state index contributed by atoms with van der Waals surface area (Å²) in [5.41, 5.74) is 9.20. The van der Waals surface area contributed by atoms with Crippen molar-refractivity contribution in [2.45, 2.75) is 46.2 Å². The zero-order valence-electron chi connectivity index (χ0n) is 24.8. The van der Waals surface area contributed by atoms with Crippen molar-refractivity contribution in [3.63, 3.8) is 0 Å². The Labute approximate surface area is 250 Å². The van der Waals surface area contributed by atoms with E-state index in [-0.39, 0.29) is 6.42 Å². The van der Waals surface area contributed by atoms with Crippen LogP contribution in [0.25, 0.3) is 10.9 Å². The highest BCUT2D eigenvalue weighted by Crippen LogP contribution is 2.27. The monoisotopic (exact) mass is 596 g/mol. The van der Waals surface area contributed by atoms with Crippen LogP contribution in [0.3, 0.4) is 0 Å². The Kier molecular flexibility index (Phi) is 15.4. The predicted octanol–water partition coefficient (Wildman–Crippen LogP) is 7.39. The summed E-state index contributed by atoms with van der Waals surface area (Å²) in [6, 6.07) is 13.3. The van der Waals surface area contributed by atoms with Gasteiger partial charge in [-0.15, -0.1) is 5.10 Å². The number of fused-ring (bicyclic) bond motifs is 1. The Morgan fingerprint density at radius 2 is 1.86 bits per heavy atom. The Morgan fingerprint density at radius 1 is 1.16 bits per heavy atom. The molecule has 0 aliphatic carbocycles. The number of halogens is 3. The van der Waals surface area contributed by atoms with Crippen LogP contribution in [0.15, 0.2) is 83.7 Å². The highest BCUT2D eigenvalue weighted by Gasteiger charge is 2.25. The molecule has 0 spiro atoms. The number of aromatic nitrogens is 2. The first-order valence-electron chi connectivity index (χ1n) is 13.4. The third kappa shape index (κ3) is 11.8. The van der Waals surface area contributed by atoms with Gasteiger partial charge in [0.2, 0.25) is 0 Å². The van der Waals surface area contributed by atoms with E-state index in [2.05, 4.69) is 22.2 Å². The molecule has 1 aromatic heterocycles. The van der Waals surface area contributed by atoms with Crippen molar-refractivity contribution in [1.29, 1.82) is 10.8 Å². The van der Waals surface area contributed by atoms with Gasteiger partial charge in [-0.1, -0.05) is 38.1 Å². The van der Waals surface area contributed by atoms with Gasteiger partial charge >= 0.3 is 6.18 Å². The molecular weight excluding hydrogens is 557 g/mol. The summed E-state index contributed by atoms with van der Waals surface area (Å²) >= 11 is 0. The predicted molar refractivity (Wildman–Crippen MR) is 172 cm³/mol. The summed E-state index contributed by atoms with van der Waals surface area (Å²) in [7, 11) is 1.82. The average molecular weight is 597 g/mol. The molecule has 6 N–H and O–H groups in total. The van der Waals surface area contributed by atoms with E-state index in [1.807, 2.05) is 56.4 Å². The van der Waals surface area contributed by atoms with Crippen LogP contribution in [0.1, 0.15) is 45.6 Å². The molecule has 0 saturated heterocycles. The molecule has 43 heavy (non-hydrogen) atoms. The summed E-state index contributed by atoms with van der Waals surface area (Å²) in [5, 5.41) is 26.0. The average Bonchev–Trinajstić information content (AvgIpc) is 3.37. The highest BCUT2D eigenvalue weighted by molar-refractivity contribution is 6.04. The number of hydrogen-bond acceptors (Lipinski definition) is 8. The number of benzene rings is 2.